The fourth-order valence-corrected chi connectivity index (χ4v) is 2.99. The molecule has 0 fully saturated rings. The Morgan fingerprint density at radius 1 is 1.35 bits per heavy atom. The van der Waals surface area contributed by atoms with Crippen molar-refractivity contribution in [2.45, 2.75) is 4.90 Å². The summed E-state index contributed by atoms with van der Waals surface area (Å²) in [5.74, 6) is -0.533. The monoisotopic (exact) mass is 309 g/mol. The van der Waals surface area contributed by atoms with Crippen LogP contribution < -0.4 is 4.72 Å². The van der Waals surface area contributed by atoms with Crippen LogP contribution in [0, 0.1) is 11.3 Å². The Bertz CT molecular complexity index is 800. The van der Waals surface area contributed by atoms with Gasteiger partial charge in [0.15, 0.2) is 11.6 Å². The number of sulfonamides is 1. The molecule has 0 spiro atoms. The molecule has 2 aromatic rings. The Labute approximate surface area is 120 Å². The molecule has 0 aliphatic heterocycles. The number of nitriles is 1. The number of anilines is 1. The van der Waals surface area contributed by atoms with Crippen molar-refractivity contribution in [3.63, 3.8) is 0 Å². The number of benzene rings is 1. The molecule has 0 bridgehead atoms. The summed E-state index contributed by atoms with van der Waals surface area (Å²) in [5, 5.41) is 18.3. The van der Waals surface area contributed by atoms with Crippen molar-refractivity contribution < 1.29 is 13.5 Å². The van der Waals surface area contributed by atoms with E-state index in [1.165, 1.54) is 30.5 Å². The number of pyridine rings is 1. The van der Waals surface area contributed by atoms with Gasteiger partial charge in [-0.25, -0.2) is 13.4 Å². The lowest BCUT2D eigenvalue weighted by atomic mass is 10.2. The lowest BCUT2D eigenvalue weighted by Gasteiger charge is -2.09. The second kappa shape index (κ2) is 5.36. The molecule has 0 unspecified atom stereocenters. The van der Waals surface area contributed by atoms with Gasteiger partial charge in [-0.3, -0.25) is 4.72 Å². The van der Waals surface area contributed by atoms with Crippen molar-refractivity contribution in [1.29, 1.82) is 5.26 Å². The number of nitrogens with zero attached hydrogens (tertiary/aromatic N) is 2. The summed E-state index contributed by atoms with van der Waals surface area (Å²) in [6, 6.07) is 8.43. The van der Waals surface area contributed by atoms with Crippen molar-refractivity contribution in [3.05, 3.63) is 47.1 Å². The third kappa shape index (κ3) is 2.82. The molecule has 0 atom stereocenters. The third-order valence-electron chi connectivity index (χ3n) is 2.37. The first kappa shape index (κ1) is 14.1. The van der Waals surface area contributed by atoms with E-state index in [-0.39, 0.29) is 27.0 Å². The maximum atomic E-state index is 12.2. The predicted molar refractivity (Wildman–Crippen MR) is 72.9 cm³/mol. The molecular weight excluding hydrogens is 302 g/mol. The Kier molecular flexibility index (Phi) is 3.79. The van der Waals surface area contributed by atoms with Crippen LogP contribution in [0.3, 0.4) is 0 Å². The molecule has 0 radical (unpaired) electrons. The Morgan fingerprint density at radius 2 is 2.10 bits per heavy atom. The summed E-state index contributed by atoms with van der Waals surface area (Å²) in [6.07, 6.45) is 1.32. The normalized spacial score (nSPS) is 10.8. The number of hydrogen-bond acceptors (Lipinski definition) is 5. The summed E-state index contributed by atoms with van der Waals surface area (Å²) in [4.78, 5) is 3.45. The van der Waals surface area contributed by atoms with Crippen LogP contribution in [0.25, 0.3) is 0 Å². The number of hydrogen-bond donors (Lipinski definition) is 2. The molecule has 2 rings (SSSR count). The number of rotatable bonds is 3. The minimum Gasteiger partial charge on any atom is -0.504 e. The zero-order valence-electron chi connectivity index (χ0n) is 9.91. The third-order valence-corrected chi connectivity index (χ3v) is 4.19. The van der Waals surface area contributed by atoms with Crippen molar-refractivity contribution >= 4 is 27.4 Å². The van der Waals surface area contributed by atoms with E-state index in [9.17, 15) is 13.5 Å². The van der Waals surface area contributed by atoms with Crippen molar-refractivity contribution in [3.8, 4) is 11.8 Å². The van der Waals surface area contributed by atoms with Gasteiger partial charge in [0.1, 0.15) is 4.90 Å². The van der Waals surface area contributed by atoms with Gasteiger partial charge in [0, 0.05) is 6.20 Å². The zero-order valence-corrected chi connectivity index (χ0v) is 11.5. The van der Waals surface area contributed by atoms with E-state index in [1.807, 2.05) is 6.07 Å². The molecule has 1 aromatic heterocycles. The van der Waals surface area contributed by atoms with E-state index in [2.05, 4.69) is 9.71 Å². The van der Waals surface area contributed by atoms with Gasteiger partial charge in [-0.15, -0.1) is 0 Å². The number of aromatic nitrogens is 1. The molecule has 0 saturated heterocycles. The Morgan fingerprint density at radius 3 is 2.75 bits per heavy atom. The van der Waals surface area contributed by atoms with Gasteiger partial charge in [0.05, 0.1) is 16.7 Å². The zero-order chi connectivity index (χ0) is 14.8. The van der Waals surface area contributed by atoms with Gasteiger partial charge in [-0.2, -0.15) is 5.26 Å². The SMILES string of the molecule is N#Cc1ccc(Cl)c(S(=O)(=O)Nc2ncccc2O)c1. The van der Waals surface area contributed by atoms with Crippen LogP contribution in [-0.4, -0.2) is 18.5 Å². The summed E-state index contributed by atoms with van der Waals surface area (Å²) in [7, 11) is -4.05. The molecule has 1 aromatic carbocycles. The van der Waals surface area contributed by atoms with E-state index in [1.54, 1.807) is 0 Å². The quantitative estimate of drug-likeness (QED) is 0.903. The van der Waals surface area contributed by atoms with Gasteiger partial charge in [-0.1, -0.05) is 11.6 Å². The molecule has 0 aliphatic carbocycles. The van der Waals surface area contributed by atoms with Gasteiger partial charge >= 0.3 is 0 Å². The van der Waals surface area contributed by atoms with Crippen LogP contribution in [0.5, 0.6) is 5.75 Å². The topological polar surface area (TPSA) is 103 Å². The molecule has 0 amide bonds. The lowest BCUT2D eigenvalue weighted by molar-refractivity contribution is 0.475. The van der Waals surface area contributed by atoms with E-state index in [0.29, 0.717) is 0 Å². The van der Waals surface area contributed by atoms with E-state index >= 15 is 0 Å². The van der Waals surface area contributed by atoms with Gasteiger partial charge in [0.2, 0.25) is 0 Å². The van der Waals surface area contributed by atoms with E-state index in [0.717, 1.165) is 6.07 Å². The molecule has 0 aliphatic rings. The highest BCUT2D eigenvalue weighted by Gasteiger charge is 2.20. The molecule has 8 heteroatoms. The Hall–Kier alpha value is -2.30. The summed E-state index contributed by atoms with van der Waals surface area (Å²) in [6.45, 7) is 0. The molecule has 1 heterocycles. The van der Waals surface area contributed by atoms with E-state index < -0.39 is 10.0 Å². The van der Waals surface area contributed by atoms with Crippen LogP contribution >= 0.6 is 11.6 Å². The standard InChI is InChI=1S/C12H8ClN3O3S/c13-9-4-3-8(7-14)6-11(9)20(18,19)16-12-10(17)2-1-5-15-12/h1-6,17H,(H,15,16). The average molecular weight is 310 g/mol. The van der Waals surface area contributed by atoms with Crippen LogP contribution in [0.1, 0.15) is 5.56 Å². The molecule has 0 saturated carbocycles. The summed E-state index contributed by atoms with van der Waals surface area (Å²) in [5.41, 5.74) is 0.153. The van der Waals surface area contributed by atoms with Crippen LogP contribution in [0.15, 0.2) is 41.4 Å². The number of nitrogens with one attached hydrogen (secondary N) is 1. The lowest BCUT2D eigenvalue weighted by Crippen LogP contribution is -2.14. The van der Waals surface area contributed by atoms with Crippen molar-refractivity contribution in [2.24, 2.45) is 0 Å². The highest BCUT2D eigenvalue weighted by molar-refractivity contribution is 7.92. The molecule has 20 heavy (non-hydrogen) atoms. The first-order chi connectivity index (χ1) is 9.44. The van der Waals surface area contributed by atoms with Gasteiger partial charge in [-0.05, 0) is 30.3 Å². The van der Waals surface area contributed by atoms with Crippen LogP contribution in [0.2, 0.25) is 5.02 Å². The summed E-state index contributed by atoms with van der Waals surface area (Å²) >= 11 is 5.83. The second-order valence-corrected chi connectivity index (χ2v) is 5.79. The second-order valence-electron chi connectivity index (χ2n) is 3.73. The van der Waals surface area contributed by atoms with Gasteiger partial charge in [0.25, 0.3) is 10.0 Å². The predicted octanol–water partition coefficient (Wildman–Crippen LogP) is 2.11. The first-order valence-electron chi connectivity index (χ1n) is 5.30. The largest absolute Gasteiger partial charge is 0.504 e. The van der Waals surface area contributed by atoms with Crippen molar-refractivity contribution in [2.75, 3.05) is 4.72 Å². The minimum absolute atomic E-state index is 0.0353. The highest BCUT2D eigenvalue weighted by Crippen LogP contribution is 2.27. The minimum atomic E-state index is -4.05. The number of aromatic hydroxyl groups is 1. The van der Waals surface area contributed by atoms with Crippen LogP contribution in [-0.2, 0) is 10.0 Å². The van der Waals surface area contributed by atoms with Gasteiger partial charge < -0.3 is 5.11 Å². The number of halogens is 1. The molecular formula is C12H8ClN3O3S. The molecule has 6 nitrogen and oxygen atoms in total. The Balaban J connectivity index is 2.47. The molecule has 102 valence electrons. The highest BCUT2D eigenvalue weighted by atomic mass is 35.5. The van der Waals surface area contributed by atoms with Crippen molar-refractivity contribution in [1.82, 2.24) is 4.98 Å². The van der Waals surface area contributed by atoms with E-state index in [4.69, 9.17) is 16.9 Å². The maximum Gasteiger partial charge on any atom is 0.264 e. The maximum absolute atomic E-state index is 12.2. The summed E-state index contributed by atoms with van der Waals surface area (Å²) < 4.78 is 26.5. The smallest absolute Gasteiger partial charge is 0.264 e. The fourth-order valence-electron chi connectivity index (χ4n) is 1.44. The average Bonchev–Trinajstić information content (AvgIpc) is 2.41. The van der Waals surface area contributed by atoms with Crippen LogP contribution in [0.4, 0.5) is 5.82 Å². The fraction of sp³-hybridized carbons (Fsp3) is 0. The molecule has 2 N–H and O–H groups in total. The first-order valence-corrected chi connectivity index (χ1v) is 7.16.